The number of imidazole rings is 1. The first-order chi connectivity index (χ1) is 10.1. The van der Waals surface area contributed by atoms with Crippen LogP contribution in [0.2, 0.25) is 0 Å². The Kier molecular flexibility index (Phi) is 5.02. The summed E-state index contributed by atoms with van der Waals surface area (Å²) in [4.78, 5) is 6.55. The fourth-order valence-electron chi connectivity index (χ4n) is 2.85. The fraction of sp³-hybridized carbons (Fsp3) is 0.471. The molecule has 0 amide bonds. The van der Waals surface area contributed by atoms with Gasteiger partial charge in [0.1, 0.15) is 0 Å². The Morgan fingerprint density at radius 2 is 1.90 bits per heavy atom. The van der Waals surface area contributed by atoms with Crippen LogP contribution in [0.25, 0.3) is 0 Å². The maximum Gasteiger partial charge on any atom is 0.0948 e. The minimum Gasteiger partial charge on any atom is -0.365 e. The van der Waals surface area contributed by atoms with Crippen LogP contribution in [0.3, 0.4) is 0 Å². The third-order valence-corrected chi connectivity index (χ3v) is 3.85. The molecule has 2 N–H and O–H groups in total. The van der Waals surface area contributed by atoms with Gasteiger partial charge in [0, 0.05) is 25.8 Å². The van der Waals surface area contributed by atoms with Crippen LogP contribution in [-0.4, -0.2) is 23.1 Å². The normalized spacial score (nSPS) is 12.4. The van der Waals surface area contributed by atoms with Crippen LogP contribution in [0.4, 0.5) is 5.69 Å². The van der Waals surface area contributed by atoms with E-state index in [2.05, 4.69) is 60.5 Å². The van der Waals surface area contributed by atoms with Gasteiger partial charge in [-0.1, -0.05) is 13.0 Å². The average molecular weight is 286 g/mol. The Balaban J connectivity index is 2.33. The number of benzene rings is 1. The zero-order chi connectivity index (χ0) is 15.4. The third kappa shape index (κ3) is 3.45. The van der Waals surface area contributed by atoms with Crippen LogP contribution < -0.4 is 10.6 Å². The SMILES string of the molecule is CCCn1cncc1C(CN)N(C)c1cc(C)cc(C)c1. The van der Waals surface area contributed by atoms with Gasteiger partial charge in [0.2, 0.25) is 0 Å². The van der Waals surface area contributed by atoms with Crippen LogP contribution in [0.5, 0.6) is 0 Å². The lowest BCUT2D eigenvalue weighted by molar-refractivity contribution is 0.578. The molecule has 114 valence electrons. The van der Waals surface area contributed by atoms with E-state index in [-0.39, 0.29) is 6.04 Å². The second kappa shape index (κ2) is 6.76. The van der Waals surface area contributed by atoms with Crippen molar-refractivity contribution in [2.24, 2.45) is 5.73 Å². The van der Waals surface area contributed by atoms with Crippen molar-refractivity contribution < 1.29 is 0 Å². The molecular weight excluding hydrogens is 260 g/mol. The molecular formula is C17H26N4. The van der Waals surface area contributed by atoms with Gasteiger partial charge in [-0.25, -0.2) is 4.98 Å². The lowest BCUT2D eigenvalue weighted by Gasteiger charge is -2.30. The molecule has 1 aromatic heterocycles. The van der Waals surface area contributed by atoms with E-state index in [0.29, 0.717) is 6.54 Å². The molecule has 4 nitrogen and oxygen atoms in total. The molecule has 0 spiro atoms. The van der Waals surface area contributed by atoms with Crippen molar-refractivity contribution in [2.45, 2.75) is 39.8 Å². The molecule has 1 heterocycles. The lowest BCUT2D eigenvalue weighted by Crippen LogP contribution is -2.32. The number of nitrogens with two attached hydrogens (primary N) is 1. The zero-order valence-corrected chi connectivity index (χ0v) is 13.5. The van der Waals surface area contributed by atoms with Crippen LogP contribution in [0.15, 0.2) is 30.7 Å². The van der Waals surface area contributed by atoms with Crippen LogP contribution in [-0.2, 0) is 6.54 Å². The molecule has 1 unspecified atom stereocenters. The highest BCUT2D eigenvalue weighted by atomic mass is 15.2. The number of likely N-dealkylation sites (N-methyl/N-ethyl adjacent to an activating group) is 1. The number of aromatic nitrogens is 2. The van der Waals surface area contributed by atoms with Gasteiger partial charge in [-0.15, -0.1) is 0 Å². The van der Waals surface area contributed by atoms with Crippen LogP contribution in [0.1, 0.15) is 36.2 Å². The van der Waals surface area contributed by atoms with Gasteiger partial charge in [-0.3, -0.25) is 0 Å². The summed E-state index contributed by atoms with van der Waals surface area (Å²) in [6.45, 7) is 7.98. The minimum atomic E-state index is 0.139. The van der Waals surface area contributed by atoms with Gasteiger partial charge in [0.25, 0.3) is 0 Å². The largest absolute Gasteiger partial charge is 0.365 e. The Morgan fingerprint density at radius 1 is 1.24 bits per heavy atom. The quantitative estimate of drug-likeness (QED) is 0.888. The van der Waals surface area contributed by atoms with E-state index in [0.717, 1.165) is 13.0 Å². The van der Waals surface area contributed by atoms with E-state index in [1.54, 1.807) is 0 Å². The Labute approximate surface area is 127 Å². The second-order valence-electron chi connectivity index (χ2n) is 5.72. The summed E-state index contributed by atoms with van der Waals surface area (Å²) < 4.78 is 2.21. The number of nitrogens with zero attached hydrogens (tertiary/aromatic N) is 3. The number of aryl methyl sites for hydroxylation is 3. The van der Waals surface area contributed by atoms with Crippen LogP contribution in [0, 0.1) is 13.8 Å². The van der Waals surface area contributed by atoms with Gasteiger partial charge < -0.3 is 15.2 Å². The Hall–Kier alpha value is -1.81. The summed E-state index contributed by atoms with van der Waals surface area (Å²) in [7, 11) is 2.11. The monoisotopic (exact) mass is 286 g/mol. The first-order valence-electron chi connectivity index (χ1n) is 7.58. The molecule has 2 aromatic rings. The topological polar surface area (TPSA) is 47.1 Å². The van der Waals surface area contributed by atoms with E-state index in [9.17, 15) is 0 Å². The summed E-state index contributed by atoms with van der Waals surface area (Å²) in [5, 5.41) is 0. The standard InChI is InChI=1S/C17H26N4/c1-5-6-21-12-19-11-17(21)16(10-18)20(4)15-8-13(2)7-14(3)9-15/h7-9,11-12,16H,5-6,10,18H2,1-4H3. The van der Waals surface area contributed by atoms with E-state index in [4.69, 9.17) is 5.73 Å². The highest BCUT2D eigenvalue weighted by Gasteiger charge is 2.20. The summed E-state index contributed by atoms with van der Waals surface area (Å²) in [5.41, 5.74) is 11.0. The molecule has 0 bridgehead atoms. The maximum atomic E-state index is 6.06. The molecule has 0 aliphatic carbocycles. The molecule has 0 radical (unpaired) electrons. The van der Waals surface area contributed by atoms with Crippen molar-refractivity contribution in [1.29, 1.82) is 0 Å². The first-order valence-corrected chi connectivity index (χ1v) is 7.58. The average Bonchev–Trinajstić information content (AvgIpc) is 2.87. The number of anilines is 1. The highest BCUT2D eigenvalue weighted by Crippen LogP contribution is 2.26. The van der Waals surface area contributed by atoms with Crippen molar-refractivity contribution in [1.82, 2.24) is 9.55 Å². The van der Waals surface area contributed by atoms with Crippen molar-refractivity contribution >= 4 is 5.69 Å². The molecule has 1 atom stereocenters. The van der Waals surface area contributed by atoms with E-state index >= 15 is 0 Å². The van der Waals surface area contributed by atoms with E-state index < -0.39 is 0 Å². The van der Waals surface area contributed by atoms with Gasteiger partial charge in [0.15, 0.2) is 0 Å². The Bertz CT molecular complexity index is 568. The summed E-state index contributed by atoms with van der Waals surface area (Å²) in [5.74, 6) is 0. The van der Waals surface area contributed by atoms with Crippen molar-refractivity contribution in [2.75, 3.05) is 18.5 Å². The fourth-order valence-corrected chi connectivity index (χ4v) is 2.85. The van der Waals surface area contributed by atoms with E-state index in [1.807, 2.05) is 12.5 Å². The number of hydrogen-bond acceptors (Lipinski definition) is 3. The second-order valence-corrected chi connectivity index (χ2v) is 5.72. The number of rotatable bonds is 6. The molecule has 0 aliphatic rings. The van der Waals surface area contributed by atoms with Crippen molar-refractivity contribution in [3.63, 3.8) is 0 Å². The number of hydrogen-bond donors (Lipinski definition) is 1. The van der Waals surface area contributed by atoms with Gasteiger partial charge in [-0.05, 0) is 43.5 Å². The highest BCUT2D eigenvalue weighted by molar-refractivity contribution is 5.52. The van der Waals surface area contributed by atoms with Gasteiger partial charge in [0.05, 0.1) is 24.3 Å². The minimum absolute atomic E-state index is 0.139. The summed E-state index contributed by atoms with van der Waals surface area (Å²) in [6.07, 6.45) is 4.93. The predicted molar refractivity (Wildman–Crippen MR) is 88.6 cm³/mol. The van der Waals surface area contributed by atoms with Gasteiger partial charge >= 0.3 is 0 Å². The van der Waals surface area contributed by atoms with Crippen molar-refractivity contribution in [3.05, 3.63) is 47.5 Å². The van der Waals surface area contributed by atoms with Crippen molar-refractivity contribution in [3.8, 4) is 0 Å². The van der Waals surface area contributed by atoms with E-state index in [1.165, 1.54) is 22.5 Å². The Morgan fingerprint density at radius 3 is 2.48 bits per heavy atom. The summed E-state index contributed by atoms with van der Waals surface area (Å²) in [6, 6.07) is 6.74. The first kappa shape index (κ1) is 15.6. The molecule has 4 heteroatoms. The predicted octanol–water partition coefficient (Wildman–Crippen LogP) is 3.05. The molecule has 0 fully saturated rings. The molecule has 1 aromatic carbocycles. The lowest BCUT2D eigenvalue weighted by atomic mass is 10.1. The smallest absolute Gasteiger partial charge is 0.0948 e. The third-order valence-electron chi connectivity index (χ3n) is 3.85. The summed E-state index contributed by atoms with van der Waals surface area (Å²) >= 11 is 0. The maximum absolute atomic E-state index is 6.06. The van der Waals surface area contributed by atoms with Crippen LogP contribution >= 0.6 is 0 Å². The molecule has 2 rings (SSSR count). The molecule has 0 saturated carbocycles. The molecule has 0 saturated heterocycles. The zero-order valence-electron chi connectivity index (χ0n) is 13.5. The molecule has 0 aliphatic heterocycles. The van der Waals surface area contributed by atoms with Gasteiger partial charge in [-0.2, -0.15) is 0 Å². The molecule has 21 heavy (non-hydrogen) atoms.